The van der Waals surface area contributed by atoms with Crippen molar-refractivity contribution in [1.82, 2.24) is 0 Å². The van der Waals surface area contributed by atoms with Crippen LogP contribution in [0.3, 0.4) is 0 Å². The maximum Gasteiger partial charge on any atom is 0.248 e. The van der Waals surface area contributed by atoms with Crippen LogP contribution < -0.4 is 10.6 Å². The lowest BCUT2D eigenvalue weighted by atomic mass is 10.1. The van der Waals surface area contributed by atoms with Crippen molar-refractivity contribution < 1.29 is 9.59 Å². The highest BCUT2D eigenvalue weighted by Gasteiger charge is 2.45. The Bertz CT molecular complexity index is 741. The van der Waals surface area contributed by atoms with Crippen LogP contribution in [0.1, 0.15) is 28.3 Å². The zero-order chi connectivity index (χ0) is 16.6. The van der Waals surface area contributed by atoms with Crippen molar-refractivity contribution in [1.29, 1.82) is 0 Å². The molecule has 4 nitrogen and oxygen atoms in total. The first-order valence-electron chi connectivity index (χ1n) is 7.40. The number of halogens is 1. The predicted molar refractivity (Wildman–Crippen MR) is 90.7 cm³/mol. The van der Waals surface area contributed by atoms with Crippen LogP contribution in [0.4, 0.5) is 5.69 Å². The average Bonchev–Trinajstić information content (AvgIpc) is 3.35. The molecule has 0 aliphatic heterocycles. The second-order valence-corrected chi connectivity index (χ2v) is 6.25. The molecule has 5 heteroatoms. The first-order valence-corrected chi connectivity index (χ1v) is 7.78. The first-order chi connectivity index (χ1) is 11.0. The van der Waals surface area contributed by atoms with E-state index in [9.17, 15) is 9.59 Å². The van der Waals surface area contributed by atoms with Gasteiger partial charge in [0.2, 0.25) is 11.8 Å². The quantitative estimate of drug-likeness (QED) is 0.936. The van der Waals surface area contributed by atoms with Gasteiger partial charge in [0.05, 0.1) is 0 Å². The van der Waals surface area contributed by atoms with E-state index in [1.54, 1.807) is 36.2 Å². The molecule has 2 aromatic rings. The summed E-state index contributed by atoms with van der Waals surface area (Å²) in [4.78, 5) is 25.3. The zero-order valence-corrected chi connectivity index (χ0v) is 13.5. The maximum absolute atomic E-state index is 12.6. The van der Waals surface area contributed by atoms with Crippen LogP contribution in [0.25, 0.3) is 0 Å². The third kappa shape index (κ3) is 3.22. The molecule has 23 heavy (non-hydrogen) atoms. The summed E-state index contributed by atoms with van der Waals surface area (Å²) in [5, 5.41) is 0.698. The number of carbonyl (C=O) groups excluding carboxylic acids is 2. The molecule has 2 atom stereocenters. The molecule has 3 rings (SSSR count). The van der Waals surface area contributed by atoms with Gasteiger partial charge in [-0.05, 0) is 54.3 Å². The van der Waals surface area contributed by atoms with Crippen molar-refractivity contribution in [2.75, 3.05) is 11.9 Å². The molecule has 1 aliphatic carbocycles. The lowest BCUT2D eigenvalue weighted by Gasteiger charge is -2.17. The summed E-state index contributed by atoms with van der Waals surface area (Å²) in [6.45, 7) is 0. The Hall–Kier alpha value is -2.33. The Kier molecular flexibility index (Phi) is 4.09. The molecule has 1 fully saturated rings. The normalized spacial score (nSPS) is 19.2. The Morgan fingerprint density at radius 1 is 1.09 bits per heavy atom. The fourth-order valence-electron chi connectivity index (χ4n) is 2.77. The largest absolute Gasteiger partial charge is 0.366 e. The Morgan fingerprint density at radius 3 is 2.26 bits per heavy atom. The third-order valence-electron chi connectivity index (χ3n) is 4.28. The summed E-state index contributed by atoms with van der Waals surface area (Å²) in [7, 11) is 1.75. The van der Waals surface area contributed by atoms with Crippen molar-refractivity contribution in [2.24, 2.45) is 11.7 Å². The van der Waals surface area contributed by atoms with Crippen molar-refractivity contribution in [3.8, 4) is 0 Å². The van der Waals surface area contributed by atoms with E-state index >= 15 is 0 Å². The van der Waals surface area contributed by atoms with Gasteiger partial charge in [-0.15, -0.1) is 0 Å². The van der Waals surface area contributed by atoms with E-state index in [2.05, 4.69) is 0 Å². The van der Waals surface area contributed by atoms with Crippen LogP contribution in [0.15, 0.2) is 48.5 Å². The van der Waals surface area contributed by atoms with E-state index < -0.39 is 5.91 Å². The van der Waals surface area contributed by atoms with E-state index in [0.29, 0.717) is 10.6 Å². The van der Waals surface area contributed by atoms with Crippen LogP contribution in [0, 0.1) is 5.92 Å². The predicted octanol–water partition coefficient (Wildman–Crippen LogP) is 3.21. The molecule has 2 N–H and O–H groups in total. The van der Waals surface area contributed by atoms with Crippen LogP contribution in [-0.4, -0.2) is 18.9 Å². The molecule has 0 radical (unpaired) electrons. The molecule has 0 bridgehead atoms. The highest BCUT2D eigenvalue weighted by molar-refractivity contribution is 6.30. The van der Waals surface area contributed by atoms with E-state index in [1.165, 1.54) is 0 Å². The first kappa shape index (κ1) is 15.6. The van der Waals surface area contributed by atoms with Gasteiger partial charge in [-0.2, -0.15) is 0 Å². The molecular weight excluding hydrogens is 312 g/mol. The van der Waals surface area contributed by atoms with Crippen LogP contribution in [-0.2, 0) is 4.79 Å². The molecule has 2 aromatic carbocycles. The molecule has 118 valence electrons. The summed E-state index contributed by atoms with van der Waals surface area (Å²) in [6, 6.07) is 14.4. The summed E-state index contributed by atoms with van der Waals surface area (Å²) >= 11 is 5.89. The number of anilines is 1. The fraction of sp³-hybridized carbons (Fsp3) is 0.222. The van der Waals surface area contributed by atoms with E-state index in [0.717, 1.165) is 17.7 Å². The minimum atomic E-state index is -0.476. The van der Waals surface area contributed by atoms with E-state index in [-0.39, 0.29) is 17.7 Å². The van der Waals surface area contributed by atoms with Gasteiger partial charge < -0.3 is 10.6 Å². The van der Waals surface area contributed by atoms with Gasteiger partial charge in [-0.1, -0.05) is 23.7 Å². The van der Waals surface area contributed by atoms with E-state index in [1.807, 2.05) is 24.3 Å². The van der Waals surface area contributed by atoms with Gasteiger partial charge in [0.15, 0.2) is 0 Å². The number of hydrogen-bond acceptors (Lipinski definition) is 2. The monoisotopic (exact) mass is 328 g/mol. The number of benzene rings is 2. The molecule has 0 saturated heterocycles. The lowest BCUT2D eigenvalue weighted by molar-refractivity contribution is -0.119. The second-order valence-electron chi connectivity index (χ2n) is 5.81. The number of amides is 2. The third-order valence-corrected chi connectivity index (χ3v) is 4.53. The fourth-order valence-corrected chi connectivity index (χ4v) is 2.90. The Labute approximate surface area is 139 Å². The van der Waals surface area contributed by atoms with Gasteiger partial charge in [-0.3, -0.25) is 9.59 Å². The van der Waals surface area contributed by atoms with Gasteiger partial charge in [0.25, 0.3) is 0 Å². The minimum absolute atomic E-state index is 0.00278. The Morgan fingerprint density at radius 2 is 1.70 bits per heavy atom. The second kappa shape index (κ2) is 6.05. The number of primary amides is 1. The van der Waals surface area contributed by atoms with Crippen molar-refractivity contribution in [3.05, 3.63) is 64.7 Å². The molecular formula is C18H17ClN2O2. The van der Waals surface area contributed by atoms with E-state index in [4.69, 9.17) is 17.3 Å². The average molecular weight is 329 g/mol. The number of carbonyl (C=O) groups is 2. The SMILES string of the molecule is CN(C(=O)[C@H]1C[C@@H]1c1ccc(Cl)cc1)c1ccc(C(N)=O)cc1. The van der Waals surface area contributed by atoms with Crippen LogP contribution in [0.5, 0.6) is 0 Å². The summed E-state index contributed by atoms with van der Waals surface area (Å²) < 4.78 is 0. The topological polar surface area (TPSA) is 63.4 Å². The molecule has 2 amide bonds. The molecule has 0 aromatic heterocycles. The lowest BCUT2D eigenvalue weighted by Crippen LogP contribution is -2.28. The van der Waals surface area contributed by atoms with Crippen LogP contribution >= 0.6 is 11.6 Å². The number of hydrogen-bond donors (Lipinski definition) is 1. The molecule has 0 spiro atoms. The van der Waals surface area contributed by atoms with Gasteiger partial charge in [0, 0.05) is 29.2 Å². The summed E-state index contributed by atoms with van der Waals surface area (Å²) in [5.41, 5.74) is 7.55. The maximum atomic E-state index is 12.6. The standard InChI is InChI=1S/C18H17ClN2O2/c1-21(14-8-4-12(5-9-14)17(20)22)18(23)16-10-15(16)11-2-6-13(19)7-3-11/h2-9,15-16H,10H2,1H3,(H2,20,22)/t15-,16+/m1/s1. The smallest absolute Gasteiger partial charge is 0.248 e. The zero-order valence-electron chi connectivity index (χ0n) is 12.7. The highest BCUT2D eigenvalue weighted by atomic mass is 35.5. The molecule has 1 aliphatic rings. The highest BCUT2D eigenvalue weighted by Crippen LogP contribution is 2.48. The number of nitrogens with zero attached hydrogens (tertiary/aromatic N) is 1. The van der Waals surface area contributed by atoms with Crippen molar-refractivity contribution in [3.63, 3.8) is 0 Å². The van der Waals surface area contributed by atoms with Gasteiger partial charge in [-0.25, -0.2) is 0 Å². The molecule has 0 unspecified atom stereocenters. The summed E-state index contributed by atoms with van der Waals surface area (Å²) in [5.74, 6) is -0.142. The number of rotatable bonds is 4. The van der Waals surface area contributed by atoms with Crippen LogP contribution in [0.2, 0.25) is 5.02 Å². The number of nitrogens with two attached hydrogens (primary N) is 1. The summed E-state index contributed by atoms with van der Waals surface area (Å²) in [6.07, 6.45) is 0.851. The van der Waals surface area contributed by atoms with Gasteiger partial charge in [0.1, 0.15) is 0 Å². The van der Waals surface area contributed by atoms with Gasteiger partial charge >= 0.3 is 0 Å². The minimum Gasteiger partial charge on any atom is -0.366 e. The molecule has 1 saturated carbocycles. The Balaban J connectivity index is 1.69. The molecule has 0 heterocycles. The van der Waals surface area contributed by atoms with Crippen molar-refractivity contribution in [2.45, 2.75) is 12.3 Å². The van der Waals surface area contributed by atoms with Crippen molar-refractivity contribution >= 4 is 29.1 Å².